The first-order valence-corrected chi connectivity index (χ1v) is 6.15. The van der Waals surface area contributed by atoms with E-state index in [0.717, 1.165) is 5.69 Å². The van der Waals surface area contributed by atoms with Gasteiger partial charge in [-0.2, -0.15) is 0 Å². The van der Waals surface area contributed by atoms with Gasteiger partial charge in [0, 0.05) is 18.2 Å². The normalized spacial score (nSPS) is 21.6. The quantitative estimate of drug-likeness (QED) is 0.816. The molecule has 5 nitrogen and oxygen atoms in total. The molecule has 0 spiro atoms. The zero-order chi connectivity index (χ0) is 14.2. The van der Waals surface area contributed by atoms with Crippen molar-refractivity contribution in [2.75, 3.05) is 12.0 Å². The second-order valence-electron chi connectivity index (χ2n) is 5.23. The fourth-order valence-corrected chi connectivity index (χ4v) is 2.36. The zero-order valence-corrected chi connectivity index (χ0v) is 11.3. The summed E-state index contributed by atoms with van der Waals surface area (Å²) in [7, 11) is 1.34. The maximum Gasteiger partial charge on any atom is 0.337 e. The van der Waals surface area contributed by atoms with Gasteiger partial charge >= 0.3 is 5.97 Å². The Hall–Kier alpha value is -1.88. The number of amides is 1. The third kappa shape index (κ3) is 2.21. The zero-order valence-electron chi connectivity index (χ0n) is 11.3. The Kier molecular flexibility index (Phi) is 3.32. The van der Waals surface area contributed by atoms with Crippen LogP contribution in [0.15, 0.2) is 24.3 Å². The highest BCUT2D eigenvalue weighted by Crippen LogP contribution is 2.33. The van der Waals surface area contributed by atoms with Crippen LogP contribution in [0.4, 0.5) is 5.69 Å². The predicted molar refractivity (Wildman–Crippen MR) is 71.9 cm³/mol. The summed E-state index contributed by atoms with van der Waals surface area (Å²) in [6.45, 7) is 3.88. The molecule has 0 saturated carbocycles. The topological polar surface area (TPSA) is 72.6 Å². The number of methoxy groups -OCH3 is 1. The lowest BCUT2D eigenvalue weighted by atomic mass is 9.96. The minimum atomic E-state index is -0.427. The van der Waals surface area contributed by atoms with E-state index in [4.69, 9.17) is 5.73 Å². The lowest BCUT2D eigenvalue weighted by molar-refractivity contribution is -0.117. The van der Waals surface area contributed by atoms with Crippen LogP contribution in [0.25, 0.3) is 0 Å². The first kappa shape index (κ1) is 13.5. The number of nitrogens with two attached hydrogens (primary N) is 1. The third-order valence-corrected chi connectivity index (χ3v) is 3.67. The number of carbonyl (C=O) groups excluding carboxylic acids is 2. The van der Waals surface area contributed by atoms with Crippen LogP contribution in [0.3, 0.4) is 0 Å². The number of anilines is 1. The number of hydrogen-bond acceptors (Lipinski definition) is 4. The predicted octanol–water partition coefficient (Wildman–Crippen LogP) is 1.32. The van der Waals surface area contributed by atoms with Crippen molar-refractivity contribution >= 4 is 17.6 Å². The van der Waals surface area contributed by atoms with Gasteiger partial charge in [0.05, 0.1) is 18.2 Å². The van der Waals surface area contributed by atoms with Crippen molar-refractivity contribution in [3.05, 3.63) is 29.8 Å². The van der Waals surface area contributed by atoms with Gasteiger partial charge in [-0.05, 0) is 38.1 Å². The Balaban J connectivity index is 2.32. The first-order chi connectivity index (χ1) is 8.87. The van der Waals surface area contributed by atoms with Crippen molar-refractivity contribution in [1.82, 2.24) is 0 Å². The largest absolute Gasteiger partial charge is 0.465 e. The molecule has 5 heteroatoms. The standard InChI is InChI=1S/C14H18N2O3/c1-14(2)11(15)8-12(17)16(14)10-6-4-9(5-7-10)13(18)19-3/h4-7,11H,8,15H2,1-3H3. The molecule has 1 unspecified atom stereocenters. The molecule has 19 heavy (non-hydrogen) atoms. The van der Waals surface area contributed by atoms with Crippen LogP contribution in [0.1, 0.15) is 30.6 Å². The van der Waals surface area contributed by atoms with E-state index in [1.807, 2.05) is 13.8 Å². The Morgan fingerprint density at radius 2 is 1.95 bits per heavy atom. The van der Waals surface area contributed by atoms with Crippen LogP contribution >= 0.6 is 0 Å². The second-order valence-corrected chi connectivity index (χ2v) is 5.23. The molecule has 1 aliphatic heterocycles. The number of benzene rings is 1. The highest BCUT2D eigenvalue weighted by molar-refractivity contribution is 5.99. The molecule has 2 rings (SSSR count). The van der Waals surface area contributed by atoms with Gasteiger partial charge in [-0.3, -0.25) is 4.79 Å². The molecule has 2 N–H and O–H groups in total. The van der Waals surface area contributed by atoms with Crippen molar-refractivity contribution in [1.29, 1.82) is 0 Å². The molecule has 1 heterocycles. The highest BCUT2D eigenvalue weighted by Gasteiger charge is 2.44. The van der Waals surface area contributed by atoms with Gasteiger partial charge in [-0.25, -0.2) is 4.79 Å². The lowest BCUT2D eigenvalue weighted by Crippen LogP contribution is -2.49. The summed E-state index contributed by atoms with van der Waals surface area (Å²) in [5.41, 5.74) is 6.77. The van der Waals surface area contributed by atoms with E-state index >= 15 is 0 Å². The summed E-state index contributed by atoms with van der Waals surface area (Å²) in [6.07, 6.45) is 0.339. The number of esters is 1. The Morgan fingerprint density at radius 3 is 2.37 bits per heavy atom. The maximum absolute atomic E-state index is 12.0. The lowest BCUT2D eigenvalue weighted by Gasteiger charge is -2.34. The molecule has 1 atom stereocenters. The Morgan fingerprint density at radius 1 is 1.37 bits per heavy atom. The molecule has 0 aromatic heterocycles. The van der Waals surface area contributed by atoms with E-state index in [1.54, 1.807) is 29.2 Å². The Labute approximate surface area is 112 Å². The van der Waals surface area contributed by atoms with Gasteiger partial charge < -0.3 is 15.4 Å². The summed E-state index contributed by atoms with van der Waals surface area (Å²) in [5, 5.41) is 0. The molecule has 1 amide bonds. The van der Waals surface area contributed by atoms with Crippen LogP contribution < -0.4 is 10.6 Å². The van der Waals surface area contributed by atoms with Crippen LogP contribution in [0, 0.1) is 0 Å². The fourth-order valence-electron chi connectivity index (χ4n) is 2.36. The van der Waals surface area contributed by atoms with E-state index in [2.05, 4.69) is 4.74 Å². The molecular formula is C14H18N2O3. The average molecular weight is 262 g/mol. The molecular weight excluding hydrogens is 244 g/mol. The van der Waals surface area contributed by atoms with Crippen molar-refractivity contribution in [2.24, 2.45) is 5.73 Å². The minimum Gasteiger partial charge on any atom is -0.465 e. The average Bonchev–Trinajstić information content (AvgIpc) is 2.58. The van der Waals surface area contributed by atoms with E-state index in [1.165, 1.54) is 7.11 Å². The molecule has 1 aromatic carbocycles. The number of carbonyl (C=O) groups is 2. The molecule has 1 saturated heterocycles. The number of hydrogen-bond donors (Lipinski definition) is 1. The minimum absolute atomic E-state index is 0.00307. The summed E-state index contributed by atoms with van der Waals surface area (Å²) >= 11 is 0. The van der Waals surface area contributed by atoms with Gasteiger partial charge in [-0.1, -0.05) is 0 Å². The molecule has 1 aromatic rings. The molecule has 0 bridgehead atoms. The van der Waals surface area contributed by atoms with Crippen molar-refractivity contribution < 1.29 is 14.3 Å². The van der Waals surface area contributed by atoms with Gasteiger partial charge in [0.2, 0.25) is 5.91 Å². The molecule has 102 valence electrons. The highest BCUT2D eigenvalue weighted by atomic mass is 16.5. The summed E-state index contributed by atoms with van der Waals surface area (Å²) in [4.78, 5) is 25.1. The van der Waals surface area contributed by atoms with E-state index in [-0.39, 0.29) is 11.9 Å². The van der Waals surface area contributed by atoms with Crippen LogP contribution in [0.2, 0.25) is 0 Å². The fraction of sp³-hybridized carbons (Fsp3) is 0.429. The molecule has 1 aliphatic rings. The van der Waals surface area contributed by atoms with E-state index in [9.17, 15) is 9.59 Å². The smallest absolute Gasteiger partial charge is 0.337 e. The van der Waals surface area contributed by atoms with Gasteiger partial charge in [0.25, 0.3) is 0 Å². The monoisotopic (exact) mass is 262 g/mol. The number of rotatable bonds is 2. The summed E-state index contributed by atoms with van der Waals surface area (Å²) in [6, 6.07) is 6.58. The SMILES string of the molecule is COC(=O)c1ccc(N2C(=O)CC(N)C2(C)C)cc1. The first-order valence-electron chi connectivity index (χ1n) is 6.15. The summed E-state index contributed by atoms with van der Waals surface area (Å²) in [5.74, 6) is -0.390. The van der Waals surface area contributed by atoms with Gasteiger partial charge in [0.15, 0.2) is 0 Å². The Bertz CT molecular complexity index is 508. The van der Waals surface area contributed by atoms with Crippen molar-refractivity contribution in [2.45, 2.75) is 31.8 Å². The molecule has 0 aliphatic carbocycles. The second kappa shape index (κ2) is 4.66. The molecule has 0 radical (unpaired) electrons. The van der Waals surface area contributed by atoms with E-state index < -0.39 is 11.5 Å². The maximum atomic E-state index is 12.0. The van der Waals surface area contributed by atoms with Crippen LogP contribution in [-0.2, 0) is 9.53 Å². The number of nitrogens with zero attached hydrogens (tertiary/aromatic N) is 1. The van der Waals surface area contributed by atoms with Crippen molar-refractivity contribution in [3.63, 3.8) is 0 Å². The molecule has 1 fully saturated rings. The third-order valence-electron chi connectivity index (χ3n) is 3.67. The van der Waals surface area contributed by atoms with Crippen molar-refractivity contribution in [3.8, 4) is 0 Å². The summed E-state index contributed by atoms with van der Waals surface area (Å²) < 4.78 is 4.64. The van der Waals surface area contributed by atoms with E-state index in [0.29, 0.717) is 12.0 Å². The van der Waals surface area contributed by atoms with Gasteiger partial charge in [0.1, 0.15) is 0 Å². The van der Waals surface area contributed by atoms with Gasteiger partial charge in [-0.15, -0.1) is 0 Å². The van der Waals surface area contributed by atoms with Crippen LogP contribution in [-0.4, -0.2) is 30.6 Å². The van der Waals surface area contributed by atoms with Crippen LogP contribution in [0.5, 0.6) is 0 Å². The number of ether oxygens (including phenoxy) is 1.